The van der Waals surface area contributed by atoms with Gasteiger partial charge in [-0.15, -0.1) is 0 Å². The number of carbonyl (C=O) groups excluding carboxylic acids is 1. The van der Waals surface area contributed by atoms with Crippen LogP contribution < -0.4 is 11.1 Å². The van der Waals surface area contributed by atoms with Crippen LogP contribution in [0.25, 0.3) is 0 Å². The van der Waals surface area contributed by atoms with Gasteiger partial charge in [-0.3, -0.25) is 4.79 Å². The summed E-state index contributed by atoms with van der Waals surface area (Å²) in [5.41, 5.74) is 7.56. The zero-order valence-corrected chi connectivity index (χ0v) is 11.8. The van der Waals surface area contributed by atoms with Crippen molar-refractivity contribution >= 4 is 33.2 Å². The lowest BCUT2D eigenvalue weighted by Crippen LogP contribution is -2.15. The number of nitrogens with one attached hydrogen (secondary N) is 1. The number of halogens is 2. The van der Waals surface area contributed by atoms with E-state index < -0.39 is 11.7 Å². The van der Waals surface area contributed by atoms with Crippen molar-refractivity contribution in [1.82, 2.24) is 0 Å². The summed E-state index contributed by atoms with van der Waals surface area (Å²) >= 11 is 3.32. The quantitative estimate of drug-likeness (QED) is 0.828. The number of hydrogen-bond acceptors (Lipinski definition) is 2. The van der Waals surface area contributed by atoms with Gasteiger partial charge in [-0.25, -0.2) is 4.39 Å². The molecule has 1 amide bonds. The predicted octanol–water partition coefficient (Wildman–Crippen LogP) is 3.73. The van der Waals surface area contributed by atoms with Gasteiger partial charge in [0.1, 0.15) is 5.82 Å². The van der Waals surface area contributed by atoms with E-state index in [0.717, 1.165) is 10.0 Å². The second-order valence-corrected chi connectivity index (χ2v) is 5.04. The van der Waals surface area contributed by atoms with Crippen molar-refractivity contribution in [1.29, 1.82) is 0 Å². The Morgan fingerprint density at radius 2 is 2.00 bits per heavy atom. The summed E-state index contributed by atoms with van der Waals surface area (Å²) in [4.78, 5) is 12.0. The molecule has 0 aliphatic heterocycles. The van der Waals surface area contributed by atoms with E-state index in [9.17, 15) is 9.18 Å². The minimum absolute atomic E-state index is 0.00998. The summed E-state index contributed by atoms with van der Waals surface area (Å²) in [7, 11) is 0. The Kier molecular flexibility index (Phi) is 3.85. The fourth-order valence-electron chi connectivity index (χ4n) is 1.77. The molecule has 2 rings (SSSR count). The standard InChI is InChI=1S/C14H12BrFN2O/c1-8-6-9(15)7-12(17)13(8)18-14(19)10-4-2-3-5-11(10)16/h2-7H,17H2,1H3,(H,18,19). The predicted molar refractivity (Wildman–Crippen MR) is 77.6 cm³/mol. The first-order valence-electron chi connectivity index (χ1n) is 5.60. The molecule has 2 aromatic carbocycles. The molecule has 3 N–H and O–H groups in total. The molecule has 0 spiro atoms. The summed E-state index contributed by atoms with van der Waals surface area (Å²) < 4.78 is 14.3. The van der Waals surface area contributed by atoms with Gasteiger partial charge >= 0.3 is 0 Å². The van der Waals surface area contributed by atoms with Crippen LogP contribution in [-0.4, -0.2) is 5.91 Å². The Balaban J connectivity index is 2.32. The summed E-state index contributed by atoms with van der Waals surface area (Å²) in [5.74, 6) is -1.08. The van der Waals surface area contributed by atoms with Crippen molar-refractivity contribution in [3.05, 3.63) is 57.8 Å². The van der Waals surface area contributed by atoms with E-state index >= 15 is 0 Å². The zero-order chi connectivity index (χ0) is 14.0. The number of aryl methyl sites for hydroxylation is 1. The number of carbonyl (C=O) groups is 1. The number of hydrogen-bond donors (Lipinski definition) is 2. The van der Waals surface area contributed by atoms with Crippen molar-refractivity contribution in [3.8, 4) is 0 Å². The largest absolute Gasteiger partial charge is 0.397 e. The number of rotatable bonds is 2. The van der Waals surface area contributed by atoms with Crippen LogP contribution in [0.15, 0.2) is 40.9 Å². The molecule has 0 aromatic heterocycles. The number of anilines is 2. The fourth-order valence-corrected chi connectivity index (χ4v) is 2.36. The molecular weight excluding hydrogens is 311 g/mol. The Bertz CT molecular complexity index is 620. The maximum Gasteiger partial charge on any atom is 0.258 e. The zero-order valence-electron chi connectivity index (χ0n) is 10.2. The molecule has 0 heterocycles. The summed E-state index contributed by atoms with van der Waals surface area (Å²) in [6.45, 7) is 1.82. The Hall–Kier alpha value is -1.88. The number of amides is 1. The van der Waals surface area contributed by atoms with Gasteiger partial charge in [0, 0.05) is 4.47 Å². The monoisotopic (exact) mass is 322 g/mol. The minimum Gasteiger partial charge on any atom is -0.397 e. The first-order chi connectivity index (χ1) is 8.99. The van der Waals surface area contributed by atoms with Gasteiger partial charge in [0.25, 0.3) is 5.91 Å². The van der Waals surface area contributed by atoms with Crippen molar-refractivity contribution in [2.75, 3.05) is 11.1 Å². The Labute approximate surface area is 118 Å². The summed E-state index contributed by atoms with van der Waals surface area (Å²) in [6.07, 6.45) is 0. The van der Waals surface area contributed by atoms with Crippen LogP contribution in [0.5, 0.6) is 0 Å². The van der Waals surface area contributed by atoms with Crippen LogP contribution in [-0.2, 0) is 0 Å². The van der Waals surface area contributed by atoms with Gasteiger partial charge in [0.05, 0.1) is 16.9 Å². The second-order valence-electron chi connectivity index (χ2n) is 4.12. The maximum atomic E-state index is 13.5. The molecule has 0 fully saturated rings. The van der Waals surface area contributed by atoms with E-state index in [1.807, 2.05) is 13.0 Å². The average Bonchev–Trinajstić information content (AvgIpc) is 2.34. The molecule has 98 valence electrons. The summed E-state index contributed by atoms with van der Waals surface area (Å²) in [5, 5.41) is 2.64. The van der Waals surface area contributed by atoms with Crippen molar-refractivity contribution < 1.29 is 9.18 Å². The van der Waals surface area contributed by atoms with E-state index in [4.69, 9.17) is 5.73 Å². The molecule has 0 atom stereocenters. The maximum absolute atomic E-state index is 13.5. The van der Waals surface area contributed by atoms with Gasteiger partial charge < -0.3 is 11.1 Å². The molecule has 5 heteroatoms. The van der Waals surface area contributed by atoms with Gasteiger partial charge in [-0.05, 0) is 36.8 Å². The Morgan fingerprint density at radius 3 is 2.63 bits per heavy atom. The normalized spacial score (nSPS) is 10.3. The van der Waals surface area contributed by atoms with Crippen LogP contribution in [0.4, 0.5) is 15.8 Å². The van der Waals surface area contributed by atoms with Crippen molar-refractivity contribution in [2.45, 2.75) is 6.92 Å². The highest BCUT2D eigenvalue weighted by atomic mass is 79.9. The lowest BCUT2D eigenvalue weighted by Gasteiger charge is -2.12. The average molecular weight is 323 g/mol. The number of nitrogen functional groups attached to an aromatic ring is 1. The minimum atomic E-state index is -0.562. The SMILES string of the molecule is Cc1cc(Br)cc(N)c1NC(=O)c1ccccc1F. The van der Waals surface area contributed by atoms with E-state index in [-0.39, 0.29) is 5.56 Å². The molecule has 0 unspecified atom stereocenters. The van der Waals surface area contributed by atoms with Crippen molar-refractivity contribution in [2.24, 2.45) is 0 Å². The van der Waals surface area contributed by atoms with Gasteiger partial charge in [-0.1, -0.05) is 28.1 Å². The highest BCUT2D eigenvalue weighted by Crippen LogP contribution is 2.28. The fraction of sp³-hybridized carbons (Fsp3) is 0.0714. The van der Waals surface area contributed by atoms with E-state index in [1.165, 1.54) is 18.2 Å². The molecule has 3 nitrogen and oxygen atoms in total. The molecule has 0 bridgehead atoms. The molecular formula is C14H12BrFN2O. The van der Waals surface area contributed by atoms with E-state index in [2.05, 4.69) is 21.2 Å². The molecule has 0 saturated carbocycles. The third-order valence-corrected chi connectivity index (χ3v) is 3.15. The smallest absolute Gasteiger partial charge is 0.258 e. The highest BCUT2D eigenvalue weighted by molar-refractivity contribution is 9.10. The van der Waals surface area contributed by atoms with Gasteiger partial charge in [-0.2, -0.15) is 0 Å². The first kappa shape index (κ1) is 13.5. The van der Waals surface area contributed by atoms with Crippen LogP contribution in [0.2, 0.25) is 0 Å². The molecule has 0 aliphatic rings. The third-order valence-electron chi connectivity index (χ3n) is 2.69. The van der Waals surface area contributed by atoms with Crippen LogP contribution in [0.3, 0.4) is 0 Å². The lowest BCUT2D eigenvalue weighted by molar-refractivity contribution is 0.102. The third kappa shape index (κ3) is 2.93. The topological polar surface area (TPSA) is 55.1 Å². The van der Waals surface area contributed by atoms with Gasteiger partial charge in [0.15, 0.2) is 0 Å². The molecule has 0 aliphatic carbocycles. The van der Waals surface area contributed by atoms with Crippen molar-refractivity contribution in [3.63, 3.8) is 0 Å². The molecule has 0 saturated heterocycles. The van der Waals surface area contributed by atoms with Crippen LogP contribution in [0.1, 0.15) is 15.9 Å². The number of nitrogens with two attached hydrogens (primary N) is 1. The lowest BCUT2D eigenvalue weighted by atomic mass is 10.1. The molecule has 2 aromatic rings. The van der Waals surface area contributed by atoms with Crippen LogP contribution in [0, 0.1) is 12.7 Å². The summed E-state index contributed by atoms with van der Waals surface area (Å²) in [6, 6.07) is 9.32. The first-order valence-corrected chi connectivity index (χ1v) is 6.40. The van der Waals surface area contributed by atoms with Gasteiger partial charge in [0.2, 0.25) is 0 Å². The molecule has 19 heavy (non-hydrogen) atoms. The van der Waals surface area contributed by atoms with E-state index in [1.54, 1.807) is 12.1 Å². The molecule has 0 radical (unpaired) electrons. The second kappa shape index (κ2) is 5.40. The van der Waals surface area contributed by atoms with E-state index in [0.29, 0.717) is 11.4 Å². The van der Waals surface area contributed by atoms with Crippen LogP contribution >= 0.6 is 15.9 Å². The number of benzene rings is 2. The Morgan fingerprint density at radius 1 is 1.32 bits per heavy atom. The highest BCUT2D eigenvalue weighted by Gasteiger charge is 2.14.